The Balaban J connectivity index is 2.00. The van der Waals surface area contributed by atoms with Crippen LogP contribution in [-0.4, -0.2) is 34.7 Å². The predicted octanol–water partition coefficient (Wildman–Crippen LogP) is 2.17. The second-order valence-electron chi connectivity index (χ2n) is 6.30. The molecule has 4 rings (SSSR count). The molecule has 2 aliphatic carbocycles. The first-order valence-electron chi connectivity index (χ1n) is 7.05. The van der Waals surface area contributed by atoms with E-state index in [0.29, 0.717) is 12.0 Å². The van der Waals surface area contributed by atoms with Crippen molar-refractivity contribution >= 4 is 0 Å². The van der Waals surface area contributed by atoms with Gasteiger partial charge in [0.1, 0.15) is 0 Å². The number of rotatable bonds is 0. The van der Waals surface area contributed by atoms with Gasteiger partial charge in [0.05, 0.1) is 0 Å². The van der Waals surface area contributed by atoms with Crippen LogP contribution in [0.1, 0.15) is 24.0 Å². The number of allylic oxidation sites excluding steroid dienone is 1. The van der Waals surface area contributed by atoms with Crippen LogP contribution in [0.2, 0.25) is 0 Å². The monoisotopic (exact) mass is 257 g/mol. The Bertz CT molecular complexity index is 580. The number of nitrogens with zero attached hydrogens (tertiary/aromatic N) is 1. The van der Waals surface area contributed by atoms with E-state index in [1.54, 1.807) is 6.07 Å². The van der Waals surface area contributed by atoms with E-state index in [9.17, 15) is 10.2 Å². The van der Waals surface area contributed by atoms with Gasteiger partial charge in [0.25, 0.3) is 0 Å². The van der Waals surface area contributed by atoms with Gasteiger partial charge in [-0.15, -0.1) is 0 Å². The summed E-state index contributed by atoms with van der Waals surface area (Å²) in [6.45, 7) is 0.983. The summed E-state index contributed by atoms with van der Waals surface area (Å²) in [5, 5.41) is 20.3. The van der Waals surface area contributed by atoms with Gasteiger partial charge in [-0.3, -0.25) is 0 Å². The molecular formula is C16H19NO2. The molecule has 100 valence electrons. The standard InChI is InChI=1S/C16H19NO2/c1-17-9-16-7-3-2-4-11(16)12(17)8-10-5-6-13(18)15(19)14(10)16/h2,4-6,11-12,18-19H,3,7-9H2,1H3/t11-,12+,16?/m0/s1. The summed E-state index contributed by atoms with van der Waals surface area (Å²) in [5.74, 6) is 0.618. The predicted molar refractivity (Wildman–Crippen MR) is 73.4 cm³/mol. The van der Waals surface area contributed by atoms with Crippen molar-refractivity contribution in [2.24, 2.45) is 5.92 Å². The zero-order chi connectivity index (χ0) is 13.2. The highest BCUT2D eigenvalue weighted by molar-refractivity contribution is 5.57. The molecule has 1 heterocycles. The summed E-state index contributed by atoms with van der Waals surface area (Å²) in [7, 11) is 2.18. The molecule has 1 unspecified atom stereocenters. The van der Waals surface area contributed by atoms with Gasteiger partial charge in [0.2, 0.25) is 0 Å². The molecule has 0 radical (unpaired) electrons. The molecular weight excluding hydrogens is 238 g/mol. The quantitative estimate of drug-likeness (QED) is 0.553. The molecule has 0 saturated carbocycles. The van der Waals surface area contributed by atoms with Crippen molar-refractivity contribution in [3.63, 3.8) is 0 Å². The first-order valence-corrected chi connectivity index (χ1v) is 7.05. The van der Waals surface area contributed by atoms with Crippen molar-refractivity contribution in [1.82, 2.24) is 4.90 Å². The molecule has 2 bridgehead atoms. The molecule has 1 fully saturated rings. The molecule has 1 aliphatic heterocycles. The average molecular weight is 257 g/mol. The van der Waals surface area contributed by atoms with Gasteiger partial charge in [-0.2, -0.15) is 0 Å². The normalized spacial score (nSPS) is 36.1. The fourth-order valence-corrected chi connectivity index (χ4v) is 4.68. The zero-order valence-electron chi connectivity index (χ0n) is 11.1. The Morgan fingerprint density at radius 1 is 1.32 bits per heavy atom. The molecule has 1 aromatic carbocycles. The maximum absolute atomic E-state index is 10.4. The maximum Gasteiger partial charge on any atom is 0.161 e. The Labute approximate surface area is 113 Å². The van der Waals surface area contributed by atoms with Crippen molar-refractivity contribution < 1.29 is 10.2 Å². The molecule has 3 nitrogen and oxygen atoms in total. The van der Waals surface area contributed by atoms with Crippen molar-refractivity contribution in [3.8, 4) is 11.5 Å². The SMILES string of the molecule is CN1CC23CCC=C[C@H]2[C@H]1Cc1ccc(O)c(O)c13. The number of benzene rings is 1. The number of phenols is 2. The molecule has 0 spiro atoms. The number of likely N-dealkylation sites (tertiary alicyclic amines) is 1. The molecule has 3 heteroatoms. The number of phenolic OH excluding ortho intramolecular Hbond substituents is 2. The third kappa shape index (κ3) is 1.26. The van der Waals surface area contributed by atoms with Gasteiger partial charge in [0.15, 0.2) is 11.5 Å². The van der Waals surface area contributed by atoms with Gasteiger partial charge < -0.3 is 15.1 Å². The molecule has 3 atom stereocenters. The van der Waals surface area contributed by atoms with Crippen LogP contribution in [0.5, 0.6) is 11.5 Å². The summed E-state index contributed by atoms with van der Waals surface area (Å²) >= 11 is 0. The number of fused-ring (bicyclic) bond motifs is 1. The van der Waals surface area contributed by atoms with Gasteiger partial charge in [-0.1, -0.05) is 18.2 Å². The molecule has 1 aromatic rings. The van der Waals surface area contributed by atoms with Crippen molar-refractivity contribution in [2.45, 2.75) is 30.7 Å². The Morgan fingerprint density at radius 3 is 3.00 bits per heavy atom. The maximum atomic E-state index is 10.4. The van der Waals surface area contributed by atoms with Crippen LogP contribution in [0.4, 0.5) is 0 Å². The minimum absolute atomic E-state index is 0.00454. The first-order chi connectivity index (χ1) is 9.13. The van der Waals surface area contributed by atoms with Gasteiger partial charge in [-0.05, 0) is 37.9 Å². The zero-order valence-corrected chi connectivity index (χ0v) is 11.1. The number of hydrogen-bond donors (Lipinski definition) is 2. The lowest BCUT2D eigenvalue weighted by Gasteiger charge is -2.43. The third-order valence-corrected chi connectivity index (χ3v) is 5.42. The van der Waals surface area contributed by atoms with E-state index in [0.717, 1.165) is 31.4 Å². The van der Waals surface area contributed by atoms with Crippen LogP contribution in [0.15, 0.2) is 24.3 Å². The highest BCUT2D eigenvalue weighted by atomic mass is 16.3. The first kappa shape index (κ1) is 11.4. The van der Waals surface area contributed by atoms with Crippen molar-refractivity contribution in [2.75, 3.05) is 13.6 Å². The smallest absolute Gasteiger partial charge is 0.161 e. The van der Waals surface area contributed by atoms with Crippen LogP contribution >= 0.6 is 0 Å². The van der Waals surface area contributed by atoms with E-state index in [1.807, 2.05) is 6.07 Å². The Kier molecular flexibility index (Phi) is 2.12. The van der Waals surface area contributed by atoms with Gasteiger partial charge >= 0.3 is 0 Å². The summed E-state index contributed by atoms with van der Waals surface area (Å²) in [5.41, 5.74) is 2.24. The number of aromatic hydroxyl groups is 2. The molecule has 3 aliphatic rings. The average Bonchev–Trinajstić information content (AvgIpc) is 2.61. The molecule has 0 amide bonds. The minimum Gasteiger partial charge on any atom is -0.504 e. The molecule has 2 N–H and O–H groups in total. The summed E-state index contributed by atoms with van der Waals surface area (Å²) in [4.78, 5) is 2.43. The van der Waals surface area contributed by atoms with E-state index in [-0.39, 0.29) is 16.9 Å². The summed E-state index contributed by atoms with van der Waals surface area (Å²) in [6.07, 6.45) is 7.71. The minimum atomic E-state index is 0.00454. The van der Waals surface area contributed by atoms with Crippen LogP contribution in [0.25, 0.3) is 0 Å². The number of likely N-dealkylation sites (N-methyl/N-ethyl adjacent to an activating group) is 1. The van der Waals surface area contributed by atoms with E-state index in [1.165, 1.54) is 5.56 Å². The lowest BCUT2D eigenvalue weighted by molar-refractivity contribution is 0.273. The van der Waals surface area contributed by atoms with Gasteiger partial charge in [-0.25, -0.2) is 0 Å². The molecule has 0 aromatic heterocycles. The van der Waals surface area contributed by atoms with E-state index in [2.05, 4.69) is 24.1 Å². The van der Waals surface area contributed by atoms with Crippen LogP contribution in [0, 0.1) is 5.92 Å². The molecule has 19 heavy (non-hydrogen) atoms. The van der Waals surface area contributed by atoms with E-state index in [4.69, 9.17) is 0 Å². The number of hydrogen-bond acceptors (Lipinski definition) is 3. The van der Waals surface area contributed by atoms with Crippen LogP contribution < -0.4 is 0 Å². The van der Waals surface area contributed by atoms with E-state index >= 15 is 0 Å². The Morgan fingerprint density at radius 2 is 2.16 bits per heavy atom. The Hall–Kier alpha value is -1.48. The van der Waals surface area contributed by atoms with Gasteiger partial charge in [0, 0.05) is 29.5 Å². The second-order valence-corrected chi connectivity index (χ2v) is 6.30. The van der Waals surface area contributed by atoms with Crippen LogP contribution in [0.3, 0.4) is 0 Å². The lowest BCUT2D eigenvalue weighted by atomic mass is 9.60. The highest BCUT2D eigenvalue weighted by Gasteiger charge is 2.56. The summed E-state index contributed by atoms with van der Waals surface area (Å²) < 4.78 is 0. The highest BCUT2D eigenvalue weighted by Crippen LogP contribution is 2.57. The van der Waals surface area contributed by atoms with Crippen LogP contribution in [-0.2, 0) is 11.8 Å². The summed E-state index contributed by atoms with van der Waals surface area (Å²) in [6, 6.07) is 4.16. The third-order valence-electron chi connectivity index (χ3n) is 5.42. The van der Waals surface area contributed by atoms with E-state index < -0.39 is 0 Å². The molecule has 1 saturated heterocycles. The lowest BCUT2D eigenvalue weighted by Crippen LogP contribution is -2.42. The fourth-order valence-electron chi connectivity index (χ4n) is 4.68. The fraction of sp³-hybridized carbons (Fsp3) is 0.500. The topological polar surface area (TPSA) is 43.7 Å². The van der Waals surface area contributed by atoms with Crippen molar-refractivity contribution in [3.05, 3.63) is 35.4 Å². The second kappa shape index (κ2) is 3.54. The van der Waals surface area contributed by atoms with Crippen molar-refractivity contribution in [1.29, 1.82) is 0 Å². The largest absolute Gasteiger partial charge is 0.504 e.